The molecule has 1 N–H and O–H groups in total. The van der Waals surface area contributed by atoms with Crippen LogP contribution in [0.5, 0.6) is 11.5 Å². The normalized spacial score (nSPS) is 48.9. The zero-order valence-corrected chi connectivity index (χ0v) is 12.2. The third kappa shape index (κ3) is 1.28. The summed E-state index contributed by atoms with van der Waals surface area (Å²) in [5, 5.41) is 10.7. The number of piperidine rings is 1. The molecule has 0 unspecified atom stereocenters. The molecule has 1 spiro atoms. The van der Waals surface area contributed by atoms with E-state index in [1.54, 1.807) is 6.08 Å². The zero-order chi connectivity index (χ0) is 20.2. The molecule has 5 rings (SSSR count). The van der Waals surface area contributed by atoms with Crippen LogP contribution < -0.4 is 9.47 Å². The standard InChI is InChI=1S/C18H21NO3/c1-19-8-7-18-11-4-5-13(20)17(18)22-16-14(21-2)6-3-10(15(16)18)9-12(11)19/h3-6,11-13,17,20H,7-9H2,1-2H3/t11-,12+,13-,17-,18-/m0/s1/i2D3,3D,6D,17D. The first-order chi connectivity index (χ1) is 13.0. The van der Waals surface area contributed by atoms with E-state index in [2.05, 4.69) is 4.90 Å². The minimum absolute atomic E-state index is 0.0159. The van der Waals surface area contributed by atoms with Gasteiger partial charge in [0, 0.05) is 22.9 Å². The molecule has 4 aliphatic rings. The molecule has 0 radical (unpaired) electrons. The highest BCUT2D eigenvalue weighted by atomic mass is 16.5. The number of likely N-dealkylation sites (N-methyl/N-ethyl adjacent to an activating group) is 1. The van der Waals surface area contributed by atoms with E-state index in [-0.39, 0.29) is 35.5 Å². The SMILES string of the molecule is [2H]c1c([2H])c(OC([2H])([2H])[2H])c2c3c1C[C@@H]1[C@@H]4C=C[C@H](O)[C@]([2H])(O2)[C@]34CCN1C. The van der Waals surface area contributed by atoms with Crippen molar-refractivity contribution < 1.29 is 22.8 Å². The lowest BCUT2D eigenvalue weighted by Gasteiger charge is -2.56. The van der Waals surface area contributed by atoms with Crippen LogP contribution in [0.2, 0.25) is 0 Å². The quantitative estimate of drug-likeness (QED) is 0.799. The number of likely N-dealkylation sites (tertiary alicyclic amines) is 1. The minimum Gasteiger partial charge on any atom is -0.493 e. The topological polar surface area (TPSA) is 41.9 Å². The van der Waals surface area contributed by atoms with Crippen molar-refractivity contribution in [3.63, 3.8) is 0 Å². The van der Waals surface area contributed by atoms with Gasteiger partial charge in [0.2, 0.25) is 0 Å². The number of nitrogens with zero attached hydrogens (tertiary/aromatic N) is 1. The van der Waals surface area contributed by atoms with Crippen LogP contribution in [-0.2, 0) is 11.8 Å². The average Bonchev–Trinajstić information content (AvgIpc) is 2.88. The van der Waals surface area contributed by atoms with E-state index >= 15 is 0 Å². The number of ether oxygens (including phenoxy) is 2. The highest BCUT2D eigenvalue weighted by molar-refractivity contribution is 5.62. The largest absolute Gasteiger partial charge is 0.493 e. The summed E-state index contributed by atoms with van der Waals surface area (Å²) in [5.41, 5.74) is 0.278. The Bertz CT molecular complexity index is 918. The van der Waals surface area contributed by atoms with Crippen molar-refractivity contribution in [3.05, 3.63) is 35.4 Å². The first-order valence-corrected chi connectivity index (χ1v) is 7.62. The molecule has 2 bridgehead atoms. The Kier molecular flexibility index (Phi) is 1.54. The maximum Gasteiger partial charge on any atom is 0.165 e. The molecule has 4 heteroatoms. The highest BCUT2D eigenvalue weighted by Crippen LogP contribution is 2.62. The van der Waals surface area contributed by atoms with E-state index in [1.807, 2.05) is 13.1 Å². The van der Waals surface area contributed by atoms with Crippen LogP contribution in [0.15, 0.2) is 24.2 Å². The molecule has 1 fully saturated rings. The van der Waals surface area contributed by atoms with Crippen LogP contribution in [0.1, 0.15) is 25.8 Å². The minimum atomic E-state index is -2.82. The second kappa shape index (κ2) is 4.06. The smallest absolute Gasteiger partial charge is 0.165 e. The van der Waals surface area contributed by atoms with Crippen molar-refractivity contribution in [2.24, 2.45) is 5.92 Å². The van der Waals surface area contributed by atoms with E-state index in [0.717, 1.165) is 0 Å². The summed E-state index contributed by atoms with van der Waals surface area (Å²) >= 11 is 0. The summed E-state index contributed by atoms with van der Waals surface area (Å²) in [7, 11) is -0.821. The van der Waals surface area contributed by atoms with E-state index in [0.29, 0.717) is 30.5 Å². The van der Waals surface area contributed by atoms with Crippen molar-refractivity contribution in [3.8, 4) is 11.5 Å². The van der Waals surface area contributed by atoms with Crippen molar-refractivity contribution in [1.29, 1.82) is 0 Å². The van der Waals surface area contributed by atoms with E-state index in [9.17, 15) is 5.11 Å². The summed E-state index contributed by atoms with van der Waals surface area (Å²) in [4.78, 5) is 2.19. The third-order valence-corrected chi connectivity index (χ3v) is 5.85. The summed E-state index contributed by atoms with van der Waals surface area (Å²) in [6.45, 7) is 0.690. The third-order valence-electron chi connectivity index (χ3n) is 5.85. The molecule has 2 aliphatic carbocycles. The predicted molar refractivity (Wildman–Crippen MR) is 82.5 cm³/mol. The predicted octanol–water partition coefficient (Wildman–Crippen LogP) is 1.50. The molecule has 22 heavy (non-hydrogen) atoms. The number of aliphatic hydroxyl groups excluding tert-OH is 1. The lowest BCUT2D eigenvalue weighted by atomic mass is 9.53. The number of benzene rings is 1. The molecule has 1 saturated heterocycles. The van der Waals surface area contributed by atoms with Gasteiger partial charge < -0.3 is 19.5 Å². The molecule has 2 heterocycles. The molecule has 1 aromatic rings. The molecule has 5 atom stereocenters. The van der Waals surface area contributed by atoms with Crippen LogP contribution in [-0.4, -0.2) is 48.9 Å². The van der Waals surface area contributed by atoms with Gasteiger partial charge in [-0.05, 0) is 38.0 Å². The van der Waals surface area contributed by atoms with Crippen molar-refractivity contribution in [1.82, 2.24) is 4.90 Å². The Morgan fingerprint density at radius 2 is 2.45 bits per heavy atom. The Hall–Kier alpha value is -1.52. The van der Waals surface area contributed by atoms with Gasteiger partial charge in [-0.15, -0.1) is 0 Å². The van der Waals surface area contributed by atoms with Gasteiger partial charge in [0.15, 0.2) is 11.5 Å². The van der Waals surface area contributed by atoms with Crippen LogP contribution >= 0.6 is 0 Å². The number of methoxy groups -OCH3 is 1. The first kappa shape index (κ1) is 8.37. The van der Waals surface area contributed by atoms with Crippen molar-refractivity contribution in [2.45, 2.75) is 36.5 Å². The van der Waals surface area contributed by atoms with Gasteiger partial charge in [-0.3, -0.25) is 0 Å². The van der Waals surface area contributed by atoms with Gasteiger partial charge in [-0.2, -0.15) is 0 Å². The number of rotatable bonds is 1. The second-order valence-corrected chi connectivity index (χ2v) is 6.66. The van der Waals surface area contributed by atoms with Gasteiger partial charge >= 0.3 is 0 Å². The molecular formula is C18H21NO3. The Balaban J connectivity index is 1.85. The van der Waals surface area contributed by atoms with Crippen LogP contribution in [0.25, 0.3) is 0 Å². The Morgan fingerprint density at radius 1 is 1.55 bits per heavy atom. The molecule has 2 aliphatic heterocycles. The van der Waals surface area contributed by atoms with E-state index < -0.39 is 24.6 Å². The fourth-order valence-electron chi connectivity index (χ4n) is 4.91. The number of hydrogen-bond donors (Lipinski definition) is 1. The molecule has 116 valence electrons. The van der Waals surface area contributed by atoms with Crippen molar-refractivity contribution >= 4 is 0 Å². The average molecular weight is 305 g/mol. The maximum atomic E-state index is 10.7. The first-order valence-electron chi connectivity index (χ1n) is 10.6. The lowest BCUT2D eigenvalue weighted by Crippen LogP contribution is -2.64. The molecule has 0 saturated carbocycles. The van der Waals surface area contributed by atoms with E-state index in [1.165, 1.54) is 0 Å². The van der Waals surface area contributed by atoms with Gasteiger partial charge in [-0.25, -0.2) is 0 Å². The fourth-order valence-corrected chi connectivity index (χ4v) is 4.91. The number of hydrogen-bond acceptors (Lipinski definition) is 4. The number of aliphatic hydroxyl groups is 1. The second-order valence-electron chi connectivity index (χ2n) is 6.66. The highest BCUT2D eigenvalue weighted by Gasteiger charge is 2.64. The summed E-state index contributed by atoms with van der Waals surface area (Å²) in [6, 6.07) is -0.430. The summed E-state index contributed by atoms with van der Waals surface area (Å²) in [5.74, 6) is -0.405. The molecule has 1 aromatic carbocycles. The summed E-state index contributed by atoms with van der Waals surface area (Å²) < 4.78 is 59.5. The Morgan fingerprint density at radius 3 is 3.32 bits per heavy atom. The summed E-state index contributed by atoms with van der Waals surface area (Å²) in [6.07, 6.45) is 1.57. The van der Waals surface area contributed by atoms with Gasteiger partial charge in [0.25, 0.3) is 0 Å². The monoisotopic (exact) mass is 305 g/mol. The van der Waals surface area contributed by atoms with Gasteiger partial charge in [-0.1, -0.05) is 18.2 Å². The van der Waals surface area contributed by atoms with Crippen LogP contribution in [0.3, 0.4) is 0 Å². The molecule has 0 aromatic heterocycles. The van der Waals surface area contributed by atoms with Gasteiger partial charge in [0.05, 0.1) is 15.3 Å². The molecule has 0 amide bonds. The Labute approximate surface area is 138 Å². The molecule has 4 nitrogen and oxygen atoms in total. The lowest BCUT2D eigenvalue weighted by molar-refractivity contribution is -0.0453. The van der Waals surface area contributed by atoms with E-state index in [4.69, 9.17) is 17.7 Å². The molecular weight excluding hydrogens is 278 g/mol. The zero-order valence-electron chi connectivity index (χ0n) is 18.2. The van der Waals surface area contributed by atoms with Crippen LogP contribution in [0.4, 0.5) is 0 Å². The maximum absolute atomic E-state index is 10.7. The van der Waals surface area contributed by atoms with Crippen molar-refractivity contribution in [2.75, 3.05) is 20.6 Å². The van der Waals surface area contributed by atoms with Gasteiger partial charge in [0.1, 0.15) is 12.2 Å². The fraction of sp³-hybridized carbons (Fsp3) is 0.556. The van der Waals surface area contributed by atoms with Crippen LogP contribution in [0, 0.1) is 5.92 Å².